The zero-order valence-electron chi connectivity index (χ0n) is 13.8. The summed E-state index contributed by atoms with van der Waals surface area (Å²) in [6.07, 6.45) is -1.83. The molecule has 0 aliphatic carbocycles. The van der Waals surface area contributed by atoms with Crippen LogP contribution >= 0.6 is 0 Å². The summed E-state index contributed by atoms with van der Waals surface area (Å²) in [6, 6.07) is 15.7. The summed E-state index contributed by atoms with van der Waals surface area (Å²) in [6.45, 7) is 8.48. The maximum atomic E-state index is 10.5. The maximum absolute atomic E-state index is 10.5. The number of aliphatic hydroxyl groups excluding tert-OH is 2. The zero-order valence-corrected chi connectivity index (χ0v) is 13.8. The topological polar surface area (TPSA) is 40.5 Å². The highest BCUT2D eigenvalue weighted by Crippen LogP contribution is 2.31. The predicted octanol–water partition coefficient (Wildman–Crippen LogP) is 4.70. The van der Waals surface area contributed by atoms with Crippen molar-refractivity contribution in [1.82, 2.24) is 0 Å². The minimum absolute atomic E-state index is 0.397. The van der Waals surface area contributed by atoms with Crippen molar-refractivity contribution in [3.8, 4) is 0 Å². The molecule has 22 heavy (non-hydrogen) atoms. The Balaban J connectivity index is 2.27. The van der Waals surface area contributed by atoms with Crippen molar-refractivity contribution in [3.05, 3.63) is 70.8 Å². The van der Waals surface area contributed by atoms with E-state index in [1.807, 2.05) is 48.5 Å². The Morgan fingerprint density at radius 3 is 1.23 bits per heavy atom. The Hall–Kier alpha value is -1.64. The Morgan fingerprint density at radius 1 is 0.591 bits per heavy atom. The Labute approximate surface area is 133 Å². The van der Waals surface area contributed by atoms with E-state index in [0.29, 0.717) is 11.8 Å². The molecule has 2 N–H and O–H groups in total. The van der Waals surface area contributed by atoms with E-state index in [1.165, 1.54) is 11.1 Å². The number of rotatable bonds is 5. The van der Waals surface area contributed by atoms with E-state index in [4.69, 9.17) is 0 Å². The van der Waals surface area contributed by atoms with Gasteiger partial charge >= 0.3 is 0 Å². The fourth-order valence-corrected chi connectivity index (χ4v) is 2.57. The maximum Gasteiger partial charge on any atom is 0.109 e. The first-order valence-electron chi connectivity index (χ1n) is 7.96. The minimum atomic E-state index is -0.916. The van der Waals surface area contributed by atoms with Gasteiger partial charge in [0.1, 0.15) is 12.2 Å². The molecular weight excluding hydrogens is 272 g/mol. The smallest absolute Gasteiger partial charge is 0.109 e. The van der Waals surface area contributed by atoms with Gasteiger partial charge in [0.15, 0.2) is 0 Å². The van der Waals surface area contributed by atoms with E-state index < -0.39 is 12.2 Å². The highest BCUT2D eigenvalue weighted by atomic mass is 16.3. The van der Waals surface area contributed by atoms with Gasteiger partial charge in [-0.1, -0.05) is 76.2 Å². The molecule has 2 aromatic carbocycles. The number of hydrogen-bond acceptors (Lipinski definition) is 2. The van der Waals surface area contributed by atoms with Gasteiger partial charge in [-0.3, -0.25) is 0 Å². The van der Waals surface area contributed by atoms with Crippen LogP contribution in [0.3, 0.4) is 0 Å². The lowest BCUT2D eigenvalue weighted by molar-refractivity contribution is 0.0171. The van der Waals surface area contributed by atoms with Crippen LogP contribution in [-0.2, 0) is 0 Å². The van der Waals surface area contributed by atoms with Crippen molar-refractivity contribution in [2.45, 2.75) is 51.7 Å². The van der Waals surface area contributed by atoms with E-state index in [0.717, 1.165) is 11.1 Å². The van der Waals surface area contributed by atoms with Crippen LogP contribution < -0.4 is 0 Å². The second kappa shape index (κ2) is 7.08. The fraction of sp³-hybridized carbons (Fsp3) is 0.400. The molecule has 0 saturated heterocycles. The predicted molar refractivity (Wildman–Crippen MR) is 91.0 cm³/mol. The van der Waals surface area contributed by atoms with Crippen molar-refractivity contribution in [2.24, 2.45) is 0 Å². The third-order valence-electron chi connectivity index (χ3n) is 4.14. The van der Waals surface area contributed by atoms with Crippen LogP contribution in [-0.4, -0.2) is 10.2 Å². The SMILES string of the molecule is CC(C)c1cccc(C(O)C(O)c2cccc(C(C)C)c2)c1. The van der Waals surface area contributed by atoms with E-state index in [2.05, 4.69) is 27.7 Å². The molecule has 0 aliphatic rings. The van der Waals surface area contributed by atoms with Crippen LogP contribution in [0, 0.1) is 0 Å². The molecule has 0 heterocycles. The van der Waals surface area contributed by atoms with Crippen LogP contribution in [0.15, 0.2) is 48.5 Å². The summed E-state index contributed by atoms with van der Waals surface area (Å²) < 4.78 is 0. The van der Waals surface area contributed by atoms with Gasteiger partial charge in [-0.25, -0.2) is 0 Å². The van der Waals surface area contributed by atoms with Gasteiger partial charge < -0.3 is 10.2 Å². The molecule has 2 atom stereocenters. The molecule has 2 nitrogen and oxygen atoms in total. The molecule has 0 amide bonds. The molecule has 0 fully saturated rings. The molecule has 2 aromatic rings. The van der Waals surface area contributed by atoms with Crippen LogP contribution in [0.25, 0.3) is 0 Å². The highest BCUT2D eigenvalue weighted by Gasteiger charge is 2.21. The Kier molecular flexibility index (Phi) is 5.38. The molecule has 2 heteroatoms. The quantitative estimate of drug-likeness (QED) is 0.840. The lowest BCUT2D eigenvalue weighted by atomic mass is 9.92. The first kappa shape index (κ1) is 16.7. The largest absolute Gasteiger partial charge is 0.385 e. The average molecular weight is 298 g/mol. The standard InChI is InChI=1S/C20H26O2/c1-13(2)15-7-5-9-17(11-15)19(21)20(22)18-10-6-8-16(12-18)14(3)4/h5-14,19-22H,1-4H3. The second-order valence-electron chi connectivity index (χ2n) is 6.54. The fourth-order valence-electron chi connectivity index (χ4n) is 2.57. The van der Waals surface area contributed by atoms with Gasteiger partial charge in [0.25, 0.3) is 0 Å². The molecule has 2 rings (SSSR count). The normalized spacial score (nSPS) is 14.4. The zero-order chi connectivity index (χ0) is 16.3. The summed E-state index contributed by atoms with van der Waals surface area (Å²) in [4.78, 5) is 0. The number of aliphatic hydroxyl groups is 2. The Bertz CT molecular complexity index is 561. The lowest BCUT2D eigenvalue weighted by Crippen LogP contribution is -2.11. The van der Waals surface area contributed by atoms with Crippen LogP contribution in [0.4, 0.5) is 0 Å². The molecular formula is C20H26O2. The van der Waals surface area contributed by atoms with Crippen molar-refractivity contribution in [1.29, 1.82) is 0 Å². The van der Waals surface area contributed by atoms with Gasteiger partial charge in [-0.05, 0) is 34.1 Å². The van der Waals surface area contributed by atoms with Gasteiger partial charge in [0.05, 0.1) is 0 Å². The van der Waals surface area contributed by atoms with E-state index in [9.17, 15) is 10.2 Å². The molecule has 0 aliphatic heterocycles. The molecule has 0 bridgehead atoms. The molecule has 118 valence electrons. The summed E-state index contributed by atoms with van der Waals surface area (Å²) in [5.74, 6) is 0.794. The summed E-state index contributed by atoms with van der Waals surface area (Å²) in [7, 11) is 0. The van der Waals surface area contributed by atoms with Gasteiger partial charge in [-0.2, -0.15) is 0 Å². The summed E-state index contributed by atoms with van der Waals surface area (Å²) in [5.41, 5.74) is 3.85. The monoisotopic (exact) mass is 298 g/mol. The van der Waals surface area contributed by atoms with E-state index in [-0.39, 0.29) is 0 Å². The molecule has 0 radical (unpaired) electrons. The first-order valence-corrected chi connectivity index (χ1v) is 7.96. The van der Waals surface area contributed by atoms with Crippen LogP contribution in [0.5, 0.6) is 0 Å². The minimum Gasteiger partial charge on any atom is -0.385 e. The highest BCUT2D eigenvalue weighted by molar-refractivity contribution is 5.32. The summed E-state index contributed by atoms with van der Waals surface area (Å²) >= 11 is 0. The molecule has 0 saturated carbocycles. The first-order chi connectivity index (χ1) is 10.4. The van der Waals surface area contributed by atoms with Gasteiger partial charge in [-0.15, -0.1) is 0 Å². The third kappa shape index (κ3) is 3.76. The average Bonchev–Trinajstić information content (AvgIpc) is 2.53. The molecule has 0 spiro atoms. The van der Waals surface area contributed by atoms with E-state index >= 15 is 0 Å². The van der Waals surface area contributed by atoms with Gasteiger partial charge in [0.2, 0.25) is 0 Å². The number of hydrogen-bond donors (Lipinski definition) is 2. The Morgan fingerprint density at radius 2 is 0.909 bits per heavy atom. The lowest BCUT2D eigenvalue weighted by Gasteiger charge is -2.21. The van der Waals surface area contributed by atoms with Crippen molar-refractivity contribution >= 4 is 0 Å². The van der Waals surface area contributed by atoms with Crippen molar-refractivity contribution < 1.29 is 10.2 Å². The van der Waals surface area contributed by atoms with Crippen molar-refractivity contribution in [2.75, 3.05) is 0 Å². The van der Waals surface area contributed by atoms with Crippen LogP contribution in [0.1, 0.15) is 74.0 Å². The summed E-state index contributed by atoms with van der Waals surface area (Å²) in [5, 5.41) is 21.1. The van der Waals surface area contributed by atoms with Gasteiger partial charge in [0, 0.05) is 0 Å². The van der Waals surface area contributed by atoms with Crippen LogP contribution in [0.2, 0.25) is 0 Å². The molecule has 0 aromatic heterocycles. The van der Waals surface area contributed by atoms with Crippen molar-refractivity contribution in [3.63, 3.8) is 0 Å². The van der Waals surface area contributed by atoms with E-state index in [1.54, 1.807) is 0 Å². The number of benzene rings is 2. The molecule has 2 unspecified atom stereocenters. The third-order valence-corrected chi connectivity index (χ3v) is 4.14. The second-order valence-corrected chi connectivity index (χ2v) is 6.54.